The Bertz CT molecular complexity index is 1150. The molecule has 4 aliphatic carbocycles. The number of rotatable bonds is 2. The van der Waals surface area contributed by atoms with E-state index in [4.69, 9.17) is 0 Å². The van der Waals surface area contributed by atoms with Gasteiger partial charge in [0.1, 0.15) is 0 Å². The van der Waals surface area contributed by atoms with Crippen LogP contribution >= 0.6 is 0 Å². The number of carbonyl (C=O) groups is 2. The van der Waals surface area contributed by atoms with Gasteiger partial charge in [-0.3, -0.25) is 9.59 Å². The third kappa shape index (κ3) is 3.23. The number of ketones is 2. The van der Waals surface area contributed by atoms with Gasteiger partial charge in [-0.2, -0.15) is 0 Å². The predicted molar refractivity (Wildman–Crippen MR) is 133 cm³/mol. The molecule has 0 aliphatic heterocycles. The van der Waals surface area contributed by atoms with Crippen LogP contribution < -0.4 is 0 Å². The SMILES string of the molecule is CC#C[C@]1(C)CC[C@H]2C3CCC4=C(C)C(=O)CCC4=C3[C@@H](c3ccc(C(C)=O)cc3)C[C@@]21C. The number of fused-ring (bicyclic) bond motifs is 4. The third-order valence-electron chi connectivity index (χ3n) is 9.93. The van der Waals surface area contributed by atoms with Crippen LogP contribution in [0.15, 0.2) is 46.6 Å². The smallest absolute Gasteiger partial charge is 0.159 e. The molecule has 2 saturated carbocycles. The molecule has 2 fully saturated rings. The summed E-state index contributed by atoms with van der Waals surface area (Å²) in [6.07, 6.45) is 7.25. The minimum absolute atomic E-state index is 0.0365. The van der Waals surface area contributed by atoms with Crippen LogP contribution in [0.5, 0.6) is 0 Å². The van der Waals surface area contributed by atoms with E-state index >= 15 is 0 Å². The summed E-state index contributed by atoms with van der Waals surface area (Å²) in [5.74, 6) is 8.93. The second kappa shape index (κ2) is 7.83. The monoisotopic (exact) mass is 440 g/mol. The Hall–Kier alpha value is -2.40. The second-order valence-electron chi connectivity index (χ2n) is 11.3. The first-order valence-corrected chi connectivity index (χ1v) is 12.7. The normalized spacial score (nSPS) is 35.4. The summed E-state index contributed by atoms with van der Waals surface area (Å²) in [7, 11) is 0. The summed E-state index contributed by atoms with van der Waals surface area (Å²) in [5, 5.41) is 0. The van der Waals surface area contributed by atoms with Crippen LogP contribution in [0.3, 0.4) is 0 Å². The van der Waals surface area contributed by atoms with Crippen molar-refractivity contribution in [2.24, 2.45) is 22.7 Å². The molecule has 1 aromatic rings. The third-order valence-corrected chi connectivity index (χ3v) is 9.93. The summed E-state index contributed by atoms with van der Waals surface area (Å²) in [5.41, 5.74) is 7.77. The van der Waals surface area contributed by atoms with Gasteiger partial charge in [0.25, 0.3) is 0 Å². The molecule has 0 N–H and O–H groups in total. The zero-order valence-corrected chi connectivity index (χ0v) is 20.8. The summed E-state index contributed by atoms with van der Waals surface area (Å²) >= 11 is 0. The molecule has 2 heteroatoms. The summed E-state index contributed by atoms with van der Waals surface area (Å²) in [6, 6.07) is 8.38. The fourth-order valence-corrected chi connectivity index (χ4v) is 7.94. The number of carbonyl (C=O) groups excluding carboxylic acids is 2. The fraction of sp³-hybridized carbons (Fsp3) is 0.548. The largest absolute Gasteiger partial charge is 0.295 e. The van der Waals surface area contributed by atoms with Crippen LogP contribution in [-0.2, 0) is 4.79 Å². The molecule has 0 aromatic heterocycles. The summed E-state index contributed by atoms with van der Waals surface area (Å²) in [4.78, 5) is 24.4. The molecule has 0 radical (unpaired) electrons. The van der Waals surface area contributed by atoms with Crippen molar-refractivity contribution in [2.75, 3.05) is 0 Å². The Morgan fingerprint density at radius 2 is 1.76 bits per heavy atom. The molecule has 33 heavy (non-hydrogen) atoms. The molecule has 5 rings (SSSR count). The molecule has 172 valence electrons. The van der Waals surface area contributed by atoms with Gasteiger partial charge in [-0.25, -0.2) is 0 Å². The van der Waals surface area contributed by atoms with Gasteiger partial charge >= 0.3 is 0 Å². The van der Waals surface area contributed by atoms with Crippen molar-refractivity contribution < 1.29 is 9.59 Å². The first kappa shape index (κ1) is 22.4. The maximum Gasteiger partial charge on any atom is 0.159 e. The molecule has 0 spiro atoms. The highest BCUT2D eigenvalue weighted by molar-refractivity contribution is 5.98. The van der Waals surface area contributed by atoms with Gasteiger partial charge in [0.05, 0.1) is 0 Å². The van der Waals surface area contributed by atoms with E-state index in [1.807, 2.05) is 26.0 Å². The maximum atomic E-state index is 12.5. The Labute approximate surface area is 198 Å². The standard InChI is InChI=1S/C31H36O2/c1-6-16-30(4)17-15-27-25-12-11-23-19(2)28(33)14-13-24(23)29(25)26(18-31(27,30)5)22-9-7-21(8-10-22)20(3)32/h7-10,25-27H,11-15,17-18H2,1-5H3/t25?,26-,27+,30-,31+/m1/s1. The minimum atomic E-state index is 0.0365. The number of hydrogen-bond acceptors (Lipinski definition) is 2. The number of Topliss-reactive ketones (excluding diaryl/α,β-unsaturated/α-hetero) is 2. The highest BCUT2D eigenvalue weighted by Crippen LogP contribution is 2.69. The Balaban J connectivity index is 1.70. The fourth-order valence-electron chi connectivity index (χ4n) is 7.94. The second-order valence-corrected chi connectivity index (χ2v) is 11.3. The zero-order valence-electron chi connectivity index (χ0n) is 20.8. The van der Waals surface area contributed by atoms with E-state index in [9.17, 15) is 9.59 Å². The number of allylic oxidation sites excluding steroid dienone is 4. The van der Waals surface area contributed by atoms with E-state index in [0.717, 1.165) is 36.8 Å². The predicted octanol–water partition coefficient (Wildman–Crippen LogP) is 7.21. The van der Waals surface area contributed by atoms with E-state index in [-0.39, 0.29) is 16.6 Å². The van der Waals surface area contributed by atoms with Crippen molar-refractivity contribution in [2.45, 2.75) is 85.5 Å². The zero-order chi connectivity index (χ0) is 23.5. The molecule has 0 saturated heterocycles. The van der Waals surface area contributed by atoms with Crippen molar-refractivity contribution in [1.29, 1.82) is 0 Å². The van der Waals surface area contributed by atoms with E-state index < -0.39 is 0 Å². The first-order valence-electron chi connectivity index (χ1n) is 12.7. The molecule has 1 aromatic carbocycles. The number of benzene rings is 1. The summed E-state index contributed by atoms with van der Waals surface area (Å²) in [6.45, 7) is 10.6. The van der Waals surface area contributed by atoms with E-state index in [1.165, 1.54) is 29.6 Å². The van der Waals surface area contributed by atoms with Gasteiger partial charge < -0.3 is 0 Å². The van der Waals surface area contributed by atoms with Crippen LogP contribution in [0.2, 0.25) is 0 Å². The van der Waals surface area contributed by atoms with Gasteiger partial charge in [0.2, 0.25) is 0 Å². The first-order chi connectivity index (χ1) is 15.7. The van der Waals surface area contributed by atoms with Gasteiger partial charge in [0.15, 0.2) is 11.6 Å². The highest BCUT2D eigenvalue weighted by Gasteiger charge is 2.61. The number of hydrogen-bond donors (Lipinski definition) is 0. The molecule has 0 amide bonds. The lowest BCUT2D eigenvalue weighted by molar-refractivity contribution is -0.115. The lowest BCUT2D eigenvalue weighted by Gasteiger charge is -2.54. The van der Waals surface area contributed by atoms with Crippen LogP contribution in [0.1, 0.15) is 101 Å². The van der Waals surface area contributed by atoms with Crippen molar-refractivity contribution in [1.82, 2.24) is 0 Å². The van der Waals surface area contributed by atoms with Gasteiger partial charge in [-0.15, -0.1) is 5.92 Å². The van der Waals surface area contributed by atoms with E-state index in [0.29, 0.717) is 30.0 Å². The molecule has 1 unspecified atom stereocenters. The van der Waals surface area contributed by atoms with Crippen molar-refractivity contribution >= 4 is 11.6 Å². The average molecular weight is 441 g/mol. The highest BCUT2D eigenvalue weighted by atomic mass is 16.1. The van der Waals surface area contributed by atoms with Gasteiger partial charge in [-0.1, -0.05) is 42.7 Å². The maximum absolute atomic E-state index is 12.5. The van der Waals surface area contributed by atoms with Crippen molar-refractivity contribution in [3.8, 4) is 11.8 Å². The quantitative estimate of drug-likeness (QED) is 0.360. The molecule has 2 nitrogen and oxygen atoms in total. The molecular weight excluding hydrogens is 404 g/mol. The topological polar surface area (TPSA) is 34.1 Å². The van der Waals surface area contributed by atoms with Crippen LogP contribution in [0.25, 0.3) is 0 Å². The lowest BCUT2D eigenvalue weighted by Crippen LogP contribution is -2.46. The Kier molecular flexibility index (Phi) is 5.32. The Morgan fingerprint density at radius 1 is 1.03 bits per heavy atom. The molecular formula is C31H36O2. The van der Waals surface area contributed by atoms with Gasteiger partial charge in [0, 0.05) is 23.3 Å². The van der Waals surface area contributed by atoms with E-state index in [1.54, 1.807) is 12.5 Å². The van der Waals surface area contributed by atoms with E-state index in [2.05, 4.69) is 37.8 Å². The Morgan fingerprint density at radius 3 is 2.42 bits per heavy atom. The average Bonchev–Trinajstić information content (AvgIpc) is 3.06. The summed E-state index contributed by atoms with van der Waals surface area (Å²) < 4.78 is 0. The molecule has 4 aliphatic rings. The van der Waals surface area contributed by atoms with Crippen molar-refractivity contribution in [3.05, 3.63) is 57.7 Å². The molecule has 0 heterocycles. The van der Waals surface area contributed by atoms with Crippen LogP contribution in [0, 0.1) is 34.5 Å². The van der Waals surface area contributed by atoms with Crippen molar-refractivity contribution in [3.63, 3.8) is 0 Å². The van der Waals surface area contributed by atoms with Crippen LogP contribution in [-0.4, -0.2) is 11.6 Å². The van der Waals surface area contributed by atoms with Crippen LogP contribution in [0.4, 0.5) is 0 Å². The molecule has 5 atom stereocenters. The molecule has 0 bridgehead atoms. The minimum Gasteiger partial charge on any atom is -0.295 e. The van der Waals surface area contributed by atoms with Gasteiger partial charge in [-0.05, 0) is 106 Å². The lowest BCUT2D eigenvalue weighted by atomic mass is 9.49.